The summed E-state index contributed by atoms with van der Waals surface area (Å²) in [6, 6.07) is 7.62. The van der Waals surface area contributed by atoms with Gasteiger partial charge in [-0.25, -0.2) is 0 Å². The molecule has 100 valence electrons. The second-order valence-electron chi connectivity index (χ2n) is 4.19. The quantitative estimate of drug-likeness (QED) is 0.396. The third-order valence-corrected chi connectivity index (χ3v) is 3.25. The van der Waals surface area contributed by atoms with Gasteiger partial charge in [-0.2, -0.15) is 5.10 Å². The number of halogens is 1. The summed E-state index contributed by atoms with van der Waals surface area (Å²) in [5.41, 5.74) is 2.88. The van der Waals surface area contributed by atoms with Gasteiger partial charge in [-0.15, -0.1) is 11.6 Å². The van der Waals surface area contributed by atoms with E-state index in [0.29, 0.717) is 17.8 Å². The van der Waals surface area contributed by atoms with Crippen LogP contribution in [0.5, 0.6) is 0 Å². The largest absolute Gasteiger partial charge is 0.387 e. The molecule has 0 saturated carbocycles. The molecule has 2 N–H and O–H groups in total. The highest BCUT2D eigenvalue weighted by Crippen LogP contribution is 2.30. The van der Waals surface area contributed by atoms with E-state index in [1.165, 1.54) is 0 Å². The Bertz CT molecular complexity index is 555. The second kappa shape index (κ2) is 5.84. The number of Topliss-reactive ketones (excluding diaryl/α,β-unsaturated/α-hetero) is 1. The van der Waals surface area contributed by atoms with Crippen LogP contribution in [0, 0.1) is 0 Å². The molecule has 1 unspecified atom stereocenters. The zero-order valence-corrected chi connectivity index (χ0v) is 11.2. The molecule has 1 aliphatic rings. The molecule has 0 radical (unpaired) electrons. The van der Waals surface area contributed by atoms with Crippen LogP contribution in [0.25, 0.3) is 0 Å². The Labute approximate surface area is 116 Å². The molecule has 2 rings (SSSR count). The van der Waals surface area contributed by atoms with E-state index in [4.69, 9.17) is 22.3 Å². The molecular weight excluding hydrogens is 266 g/mol. The molecule has 1 aromatic carbocycles. The number of ketones is 1. The van der Waals surface area contributed by atoms with Crippen LogP contribution in [0.3, 0.4) is 0 Å². The summed E-state index contributed by atoms with van der Waals surface area (Å²) < 4.78 is 0. The van der Waals surface area contributed by atoms with Crippen LogP contribution in [0.1, 0.15) is 30.6 Å². The Morgan fingerprint density at radius 2 is 2.32 bits per heavy atom. The van der Waals surface area contributed by atoms with Crippen LogP contribution in [-0.2, 0) is 9.63 Å². The van der Waals surface area contributed by atoms with E-state index >= 15 is 0 Å². The van der Waals surface area contributed by atoms with Crippen LogP contribution in [-0.4, -0.2) is 23.1 Å². The minimum absolute atomic E-state index is 0.0835. The molecule has 0 bridgehead atoms. The maximum absolute atomic E-state index is 11.5. The third-order valence-electron chi connectivity index (χ3n) is 3.00. The number of nitrogens with zero attached hydrogens (tertiary/aromatic N) is 2. The Kier molecular flexibility index (Phi) is 4.16. The summed E-state index contributed by atoms with van der Waals surface area (Å²) in [7, 11) is 0. The second-order valence-corrected chi connectivity index (χ2v) is 4.46. The Morgan fingerprint density at radius 1 is 1.58 bits per heavy atom. The molecule has 0 amide bonds. The molecular formula is C13H14ClN3O2. The number of hydrogen-bond acceptors (Lipinski definition) is 5. The molecule has 1 heterocycles. The lowest BCUT2D eigenvalue weighted by atomic mass is 9.96. The third kappa shape index (κ3) is 2.76. The maximum atomic E-state index is 11.5. The summed E-state index contributed by atoms with van der Waals surface area (Å²) >= 11 is 5.51. The molecule has 1 aliphatic heterocycles. The van der Waals surface area contributed by atoms with E-state index in [1.807, 2.05) is 31.2 Å². The molecule has 19 heavy (non-hydrogen) atoms. The van der Waals surface area contributed by atoms with Crippen LogP contribution in [0.15, 0.2) is 34.5 Å². The van der Waals surface area contributed by atoms with Gasteiger partial charge in [0.25, 0.3) is 0 Å². The van der Waals surface area contributed by atoms with Crippen LogP contribution < -0.4 is 5.84 Å². The summed E-state index contributed by atoms with van der Waals surface area (Å²) in [5.74, 6) is 5.03. The Balaban J connectivity index is 2.24. The maximum Gasteiger partial charge on any atom is 0.195 e. The van der Waals surface area contributed by atoms with Gasteiger partial charge in [-0.1, -0.05) is 29.4 Å². The number of oxime groups is 1. The van der Waals surface area contributed by atoms with Crippen molar-refractivity contribution < 1.29 is 9.63 Å². The summed E-state index contributed by atoms with van der Waals surface area (Å²) in [4.78, 5) is 16.8. The van der Waals surface area contributed by atoms with Gasteiger partial charge >= 0.3 is 0 Å². The van der Waals surface area contributed by atoms with Gasteiger partial charge in [0, 0.05) is 17.5 Å². The summed E-state index contributed by atoms with van der Waals surface area (Å²) in [5, 5.41) is 7.50. The van der Waals surface area contributed by atoms with Crippen molar-refractivity contribution in [2.45, 2.75) is 19.4 Å². The van der Waals surface area contributed by atoms with Crippen molar-refractivity contribution in [3.63, 3.8) is 0 Å². The van der Waals surface area contributed by atoms with Gasteiger partial charge in [0.05, 0.1) is 11.6 Å². The SMILES string of the molecule is CC(=NN)c1ccccc1C1CC(C(=O)CCl)=NO1. The van der Waals surface area contributed by atoms with Gasteiger partial charge in [0.2, 0.25) is 0 Å². The highest BCUT2D eigenvalue weighted by molar-refractivity contribution is 6.49. The number of rotatable bonds is 4. The average Bonchev–Trinajstić information content (AvgIpc) is 2.95. The first-order chi connectivity index (χ1) is 9.17. The van der Waals surface area contributed by atoms with E-state index in [-0.39, 0.29) is 17.8 Å². The molecule has 1 atom stereocenters. The number of carbonyl (C=O) groups is 1. The standard InChI is InChI=1S/C13H14ClN3O2/c1-8(16-15)9-4-2-3-5-10(9)13-6-11(17-19-13)12(18)7-14/h2-5,13H,6-7,15H2,1H3. The molecule has 0 saturated heterocycles. The van der Waals surface area contributed by atoms with E-state index in [0.717, 1.165) is 11.1 Å². The van der Waals surface area contributed by atoms with E-state index in [2.05, 4.69) is 10.3 Å². The molecule has 0 fully saturated rings. The van der Waals surface area contributed by atoms with Crippen molar-refractivity contribution in [3.05, 3.63) is 35.4 Å². The molecule has 5 nitrogen and oxygen atoms in total. The predicted octanol–water partition coefficient (Wildman–Crippen LogP) is 1.99. The lowest BCUT2D eigenvalue weighted by Crippen LogP contribution is -2.15. The molecule has 0 spiro atoms. The Hall–Kier alpha value is -1.88. The van der Waals surface area contributed by atoms with Crippen molar-refractivity contribution >= 4 is 28.8 Å². The van der Waals surface area contributed by atoms with Gasteiger partial charge in [0.1, 0.15) is 5.71 Å². The predicted molar refractivity (Wildman–Crippen MR) is 74.4 cm³/mol. The van der Waals surface area contributed by atoms with Gasteiger partial charge < -0.3 is 10.7 Å². The molecule has 6 heteroatoms. The van der Waals surface area contributed by atoms with Gasteiger partial charge in [-0.05, 0) is 6.92 Å². The normalized spacial score (nSPS) is 18.9. The van der Waals surface area contributed by atoms with E-state index < -0.39 is 0 Å². The monoisotopic (exact) mass is 279 g/mol. The fourth-order valence-electron chi connectivity index (χ4n) is 1.96. The van der Waals surface area contributed by atoms with Crippen molar-refractivity contribution in [1.82, 2.24) is 0 Å². The number of carbonyl (C=O) groups excluding carboxylic acids is 1. The fraction of sp³-hybridized carbons (Fsp3) is 0.308. The zero-order valence-electron chi connectivity index (χ0n) is 10.5. The van der Waals surface area contributed by atoms with Gasteiger partial charge in [-0.3, -0.25) is 4.79 Å². The first-order valence-corrected chi connectivity index (χ1v) is 6.36. The number of nitrogens with two attached hydrogens (primary N) is 1. The Morgan fingerprint density at radius 3 is 3.00 bits per heavy atom. The average molecular weight is 280 g/mol. The lowest BCUT2D eigenvalue weighted by Gasteiger charge is -2.13. The van der Waals surface area contributed by atoms with Crippen molar-refractivity contribution in [1.29, 1.82) is 0 Å². The number of hydrogen-bond donors (Lipinski definition) is 1. The molecule has 1 aromatic rings. The van der Waals surface area contributed by atoms with Crippen LogP contribution in [0.2, 0.25) is 0 Å². The van der Waals surface area contributed by atoms with Crippen LogP contribution >= 0.6 is 11.6 Å². The highest BCUT2D eigenvalue weighted by Gasteiger charge is 2.28. The molecule has 0 aromatic heterocycles. The molecule has 0 aliphatic carbocycles. The van der Waals surface area contributed by atoms with Crippen molar-refractivity contribution in [2.75, 3.05) is 5.88 Å². The summed E-state index contributed by atoms with van der Waals surface area (Å²) in [6.07, 6.45) is 0.121. The van der Waals surface area contributed by atoms with Crippen molar-refractivity contribution in [3.8, 4) is 0 Å². The van der Waals surface area contributed by atoms with Gasteiger partial charge in [0.15, 0.2) is 11.9 Å². The highest BCUT2D eigenvalue weighted by atomic mass is 35.5. The smallest absolute Gasteiger partial charge is 0.195 e. The van der Waals surface area contributed by atoms with E-state index in [9.17, 15) is 4.79 Å². The number of alkyl halides is 1. The van der Waals surface area contributed by atoms with Crippen LogP contribution in [0.4, 0.5) is 0 Å². The summed E-state index contributed by atoms with van der Waals surface area (Å²) in [6.45, 7) is 1.82. The topological polar surface area (TPSA) is 77.0 Å². The lowest BCUT2D eigenvalue weighted by molar-refractivity contribution is -0.110. The number of hydrazone groups is 1. The first kappa shape index (κ1) is 13.5. The first-order valence-electron chi connectivity index (χ1n) is 5.83. The fourth-order valence-corrected chi connectivity index (χ4v) is 2.12. The minimum Gasteiger partial charge on any atom is -0.387 e. The zero-order chi connectivity index (χ0) is 13.8. The minimum atomic E-state index is -0.296. The number of benzene rings is 1. The van der Waals surface area contributed by atoms with Crippen molar-refractivity contribution in [2.24, 2.45) is 16.1 Å². The van der Waals surface area contributed by atoms with E-state index in [1.54, 1.807) is 0 Å².